The average Bonchev–Trinajstić information content (AvgIpc) is 2.33. The van der Waals surface area contributed by atoms with Crippen LogP contribution in [0.3, 0.4) is 0 Å². The molecule has 88 valence electrons. The molecule has 0 amide bonds. The van der Waals surface area contributed by atoms with Crippen LogP contribution in [0.15, 0.2) is 23.1 Å². The Morgan fingerprint density at radius 1 is 1.56 bits per heavy atom. The largest absolute Gasteiger partial charge is 0.380 e. The first-order valence-corrected chi connectivity index (χ1v) is 5.97. The summed E-state index contributed by atoms with van der Waals surface area (Å²) >= 11 is 0. The molecule has 16 heavy (non-hydrogen) atoms. The van der Waals surface area contributed by atoms with Crippen molar-refractivity contribution in [3.05, 3.63) is 28.7 Å². The number of hydrogen-bond acceptors (Lipinski definition) is 3. The molecule has 1 atom stereocenters. The van der Waals surface area contributed by atoms with Crippen molar-refractivity contribution >= 4 is 5.69 Å². The number of rotatable bonds is 3. The molecule has 1 saturated heterocycles. The standard InChI is InChI=1S/C12H19N3O/c1-2-15-9-11(5-6-12(15)16)14-10-4-3-7-13-8-10/h5-6,9-10,13-14H,2-4,7-8H2,1H3. The van der Waals surface area contributed by atoms with Crippen LogP contribution in [0.5, 0.6) is 0 Å². The lowest BCUT2D eigenvalue weighted by Crippen LogP contribution is -2.38. The Morgan fingerprint density at radius 2 is 2.44 bits per heavy atom. The topological polar surface area (TPSA) is 46.1 Å². The normalized spacial score (nSPS) is 20.7. The highest BCUT2D eigenvalue weighted by atomic mass is 16.1. The van der Waals surface area contributed by atoms with Gasteiger partial charge in [0.05, 0.1) is 5.69 Å². The number of aryl methyl sites for hydroxylation is 1. The zero-order valence-electron chi connectivity index (χ0n) is 9.70. The van der Waals surface area contributed by atoms with Crippen molar-refractivity contribution in [1.29, 1.82) is 0 Å². The van der Waals surface area contributed by atoms with Gasteiger partial charge in [-0.3, -0.25) is 4.79 Å². The summed E-state index contributed by atoms with van der Waals surface area (Å²) in [5.74, 6) is 0. The third kappa shape index (κ3) is 2.64. The number of nitrogens with zero attached hydrogens (tertiary/aromatic N) is 1. The number of nitrogens with one attached hydrogen (secondary N) is 2. The Kier molecular flexibility index (Phi) is 3.62. The van der Waals surface area contributed by atoms with Gasteiger partial charge in [0.25, 0.3) is 5.56 Å². The quantitative estimate of drug-likeness (QED) is 0.801. The number of anilines is 1. The highest BCUT2D eigenvalue weighted by Crippen LogP contribution is 2.10. The Labute approximate surface area is 95.7 Å². The van der Waals surface area contributed by atoms with E-state index in [9.17, 15) is 4.79 Å². The first-order chi connectivity index (χ1) is 7.79. The molecule has 1 aromatic heterocycles. The van der Waals surface area contributed by atoms with Gasteiger partial charge in [-0.1, -0.05) is 0 Å². The van der Waals surface area contributed by atoms with E-state index in [-0.39, 0.29) is 5.56 Å². The van der Waals surface area contributed by atoms with E-state index in [2.05, 4.69) is 10.6 Å². The second-order valence-corrected chi connectivity index (χ2v) is 4.23. The smallest absolute Gasteiger partial charge is 0.250 e. The minimum Gasteiger partial charge on any atom is -0.380 e. The Balaban J connectivity index is 2.06. The van der Waals surface area contributed by atoms with Gasteiger partial charge in [0.15, 0.2) is 0 Å². The van der Waals surface area contributed by atoms with E-state index in [1.807, 2.05) is 19.2 Å². The Hall–Kier alpha value is -1.29. The number of hydrogen-bond donors (Lipinski definition) is 2. The molecule has 1 aromatic rings. The second-order valence-electron chi connectivity index (χ2n) is 4.23. The minimum absolute atomic E-state index is 0.0646. The minimum atomic E-state index is 0.0646. The molecule has 0 radical (unpaired) electrons. The van der Waals surface area contributed by atoms with E-state index in [1.54, 1.807) is 10.6 Å². The average molecular weight is 221 g/mol. The van der Waals surface area contributed by atoms with E-state index in [0.29, 0.717) is 6.04 Å². The number of aromatic nitrogens is 1. The number of pyridine rings is 1. The molecule has 2 rings (SSSR count). The van der Waals surface area contributed by atoms with Gasteiger partial charge in [-0.15, -0.1) is 0 Å². The first kappa shape index (κ1) is 11.2. The molecule has 1 unspecified atom stereocenters. The molecule has 1 aliphatic rings. The van der Waals surface area contributed by atoms with Crippen LogP contribution in [-0.2, 0) is 6.54 Å². The van der Waals surface area contributed by atoms with E-state index in [1.165, 1.54) is 12.8 Å². The zero-order chi connectivity index (χ0) is 11.4. The van der Waals surface area contributed by atoms with Crippen LogP contribution in [0.2, 0.25) is 0 Å². The zero-order valence-corrected chi connectivity index (χ0v) is 9.70. The fourth-order valence-electron chi connectivity index (χ4n) is 2.07. The predicted octanol–water partition coefficient (Wildman–Crippen LogP) is 1.03. The lowest BCUT2D eigenvalue weighted by Gasteiger charge is -2.25. The molecule has 4 heteroatoms. The van der Waals surface area contributed by atoms with Crippen LogP contribution in [0.4, 0.5) is 5.69 Å². The van der Waals surface area contributed by atoms with Gasteiger partial charge in [0.2, 0.25) is 0 Å². The van der Waals surface area contributed by atoms with Crippen LogP contribution < -0.4 is 16.2 Å². The first-order valence-electron chi connectivity index (χ1n) is 5.97. The Morgan fingerprint density at radius 3 is 3.12 bits per heavy atom. The molecule has 0 aliphatic carbocycles. The van der Waals surface area contributed by atoms with E-state index in [4.69, 9.17) is 0 Å². The lowest BCUT2D eigenvalue weighted by molar-refractivity contribution is 0.479. The molecule has 2 heterocycles. The highest BCUT2D eigenvalue weighted by molar-refractivity contribution is 5.41. The van der Waals surface area contributed by atoms with Gasteiger partial charge in [-0.2, -0.15) is 0 Å². The monoisotopic (exact) mass is 221 g/mol. The maximum atomic E-state index is 11.4. The molecule has 2 N–H and O–H groups in total. The maximum Gasteiger partial charge on any atom is 0.250 e. The van der Waals surface area contributed by atoms with E-state index < -0.39 is 0 Å². The summed E-state index contributed by atoms with van der Waals surface area (Å²) in [7, 11) is 0. The van der Waals surface area contributed by atoms with Gasteiger partial charge >= 0.3 is 0 Å². The number of piperidine rings is 1. The molecule has 1 fully saturated rings. The van der Waals surface area contributed by atoms with Gasteiger partial charge in [-0.25, -0.2) is 0 Å². The van der Waals surface area contributed by atoms with Crippen molar-refractivity contribution in [3.8, 4) is 0 Å². The summed E-state index contributed by atoms with van der Waals surface area (Å²) in [6.45, 7) is 4.82. The van der Waals surface area contributed by atoms with Gasteiger partial charge in [0.1, 0.15) is 0 Å². The summed E-state index contributed by atoms with van der Waals surface area (Å²) in [6, 6.07) is 3.97. The Bertz CT molecular complexity index is 393. The molecule has 0 spiro atoms. The van der Waals surface area contributed by atoms with Crippen molar-refractivity contribution in [2.24, 2.45) is 0 Å². The molecule has 4 nitrogen and oxygen atoms in total. The molecular formula is C12H19N3O. The van der Waals surface area contributed by atoms with Crippen molar-refractivity contribution in [2.45, 2.75) is 32.4 Å². The van der Waals surface area contributed by atoms with Crippen LogP contribution in [0, 0.1) is 0 Å². The van der Waals surface area contributed by atoms with Gasteiger partial charge in [0, 0.05) is 31.4 Å². The molecular weight excluding hydrogens is 202 g/mol. The van der Waals surface area contributed by atoms with Crippen molar-refractivity contribution in [1.82, 2.24) is 9.88 Å². The summed E-state index contributed by atoms with van der Waals surface area (Å²) < 4.78 is 1.72. The molecule has 0 saturated carbocycles. The molecule has 1 aliphatic heterocycles. The van der Waals surface area contributed by atoms with Crippen LogP contribution in [0.1, 0.15) is 19.8 Å². The van der Waals surface area contributed by atoms with Gasteiger partial charge < -0.3 is 15.2 Å². The highest BCUT2D eigenvalue weighted by Gasteiger charge is 2.12. The SMILES string of the molecule is CCn1cc(NC2CCCNC2)ccc1=O. The second kappa shape index (κ2) is 5.16. The fourth-order valence-corrected chi connectivity index (χ4v) is 2.07. The molecule has 0 aromatic carbocycles. The summed E-state index contributed by atoms with van der Waals surface area (Å²) in [5.41, 5.74) is 1.10. The molecule has 0 bridgehead atoms. The summed E-state index contributed by atoms with van der Waals surface area (Å²) in [4.78, 5) is 11.4. The lowest BCUT2D eigenvalue weighted by atomic mass is 10.1. The summed E-state index contributed by atoms with van der Waals surface area (Å²) in [5, 5.41) is 6.82. The van der Waals surface area contributed by atoms with Crippen molar-refractivity contribution in [2.75, 3.05) is 18.4 Å². The van der Waals surface area contributed by atoms with Gasteiger partial charge in [-0.05, 0) is 32.4 Å². The maximum absolute atomic E-state index is 11.4. The van der Waals surface area contributed by atoms with E-state index >= 15 is 0 Å². The van der Waals surface area contributed by atoms with Crippen LogP contribution >= 0.6 is 0 Å². The summed E-state index contributed by atoms with van der Waals surface area (Å²) in [6.07, 6.45) is 4.31. The van der Waals surface area contributed by atoms with Crippen LogP contribution in [-0.4, -0.2) is 23.7 Å². The van der Waals surface area contributed by atoms with Crippen molar-refractivity contribution in [3.63, 3.8) is 0 Å². The van der Waals surface area contributed by atoms with Crippen molar-refractivity contribution < 1.29 is 0 Å². The third-order valence-electron chi connectivity index (χ3n) is 2.99. The third-order valence-corrected chi connectivity index (χ3v) is 2.99. The predicted molar refractivity (Wildman–Crippen MR) is 65.9 cm³/mol. The fraction of sp³-hybridized carbons (Fsp3) is 0.583. The van der Waals surface area contributed by atoms with E-state index in [0.717, 1.165) is 25.3 Å². The van der Waals surface area contributed by atoms with Crippen LogP contribution in [0.25, 0.3) is 0 Å².